The Morgan fingerprint density at radius 1 is 0.435 bits per heavy atom. The van der Waals surface area contributed by atoms with Crippen LogP contribution in [0, 0.1) is 12.1 Å². The van der Waals surface area contributed by atoms with Gasteiger partial charge in [-0.2, -0.15) is 0 Å². The van der Waals surface area contributed by atoms with E-state index < -0.39 is 0 Å². The maximum atomic E-state index is 9.67. The van der Waals surface area contributed by atoms with E-state index in [1.807, 2.05) is 97.3 Å². The van der Waals surface area contributed by atoms with E-state index in [0.717, 1.165) is 58.2 Å². The molecule has 6 nitrogen and oxygen atoms in total. The third kappa shape index (κ3) is 16.9. The SMILES string of the molecule is Oc1ccccc1C=NCCCCCCCCCCCCN=Cc1ccccc1O.[Ir].[Ir].[c-]1c(-c2ccccn2)sc2ccccc12.[c-]1c(-c2ccccn2)sc2ccccc12. The van der Waals surface area contributed by atoms with E-state index in [4.69, 9.17) is 0 Å². The molecule has 0 bridgehead atoms. The summed E-state index contributed by atoms with van der Waals surface area (Å²) in [5, 5.41) is 21.7. The van der Waals surface area contributed by atoms with Gasteiger partial charge in [-0.15, -0.1) is 47.2 Å². The molecule has 10 heteroatoms. The number of aliphatic imine (C=N–C) groups is 2. The molecule has 0 unspecified atom stereocenters. The largest absolute Gasteiger partial charge is 0.507 e. The number of phenols is 2. The van der Waals surface area contributed by atoms with Gasteiger partial charge in [-0.05, 0) is 68.4 Å². The van der Waals surface area contributed by atoms with Crippen molar-refractivity contribution < 1.29 is 50.4 Å². The van der Waals surface area contributed by atoms with E-state index in [2.05, 4.69) is 68.5 Å². The van der Waals surface area contributed by atoms with Crippen LogP contribution in [0.4, 0.5) is 0 Å². The molecule has 0 spiro atoms. The van der Waals surface area contributed by atoms with Crippen LogP contribution >= 0.6 is 22.7 Å². The zero-order chi connectivity index (χ0) is 41.5. The molecule has 0 amide bonds. The monoisotopic (exact) mass is 1210 g/mol. The molecule has 4 heterocycles. The number of hydrogen-bond donors (Lipinski definition) is 2. The average molecular weight is 1210 g/mol. The smallest absolute Gasteiger partial charge is 0.124 e. The number of para-hydroxylation sites is 2. The molecule has 8 aromatic rings. The van der Waals surface area contributed by atoms with Gasteiger partial charge in [0.1, 0.15) is 11.5 Å². The number of thiophene rings is 2. The van der Waals surface area contributed by atoms with Crippen LogP contribution in [0.1, 0.15) is 75.3 Å². The molecule has 0 saturated heterocycles. The summed E-state index contributed by atoms with van der Waals surface area (Å²) in [6.07, 6.45) is 19.7. The number of benzene rings is 4. The molecule has 0 aliphatic rings. The van der Waals surface area contributed by atoms with Crippen LogP contribution < -0.4 is 0 Å². The van der Waals surface area contributed by atoms with Gasteiger partial charge < -0.3 is 20.2 Å². The van der Waals surface area contributed by atoms with Gasteiger partial charge in [0, 0.05) is 101 Å². The number of unbranched alkanes of at least 4 members (excludes halogenated alkanes) is 9. The number of aromatic nitrogens is 2. The van der Waals surface area contributed by atoms with Crippen molar-refractivity contribution in [2.45, 2.75) is 64.2 Å². The number of pyridine rings is 2. The fourth-order valence-corrected chi connectivity index (χ4v) is 8.36. The first-order valence-electron chi connectivity index (χ1n) is 20.8. The van der Waals surface area contributed by atoms with Gasteiger partial charge >= 0.3 is 0 Å². The van der Waals surface area contributed by atoms with Gasteiger partial charge in [-0.1, -0.05) is 124 Å². The summed E-state index contributed by atoms with van der Waals surface area (Å²) >= 11 is 3.46. The van der Waals surface area contributed by atoms with Crippen molar-refractivity contribution in [2.24, 2.45) is 9.98 Å². The maximum Gasteiger partial charge on any atom is 0.124 e. The van der Waals surface area contributed by atoms with E-state index in [-0.39, 0.29) is 40.2 Å². The van der Waals surface area contributed by atoms with Crippen LogP contribution in [0.2, 0.25) is 0 Å². The topological polar surface area (TPSA) is 91.0 Å². The van der Waals surface area contributed by atoms with E-state index in [0.29, 0.717) is 11.5 Å². The van der Waals surface area contributed by atoms with E-state index in [9.17, 15) is 10.2 Å². The number of phenolic OH excluding ortho intramolecular Hbond substituents is 2. The Labute approximate surface area is 401 Å². The number of hydrogen-bond acceptors (Lipinski definition) is 8. The van der Waals surface area contributed by atoms with Gasteiger partial charge in [-0.3, -0.25) is 9.98 Å². The summed E-state index contributed by atoms with van der Waals surface area (Å²) in [4.78, 5) is 19.7. The summed E-state index contributed by atoms with van der Waals surface area (Å²) in [6, 6.07) is 49.8. The summed E-state index contributed by atoms with van der Waals surface area (Å²) in [5.41, 5.74) is 3.58. The molecular weight excluding hydrogens is 1160 g/mol. The molecule has 0 aliphatic carbocycles. The van der Waals surface area contributed by atoms with Crippen molar-refractivity contribution in [1.82, 2.24) is 9.97 Å². The third-order valence-electron chi connectivity index (χ3n) is 9.65. The molecule has 2 radical (unpaired) electrons. The summed E-state index contributed by atoms with van der Waals surface area (Å²) < 4.78 is 2.52. The van der Waals surface area contributed by atoms with E-state index >= 15 is 0 Å². The Bertz CT molecular complexity index is 2270. The second-order valence-corrected chi connectivity index (χ2v) is 16.4. The molecule has 0 saturated carbocycles. The second-order valence-electron chi connectivity index (χ2n) is 14.3. The Balaban J connectivity index is 0.000000220. The quantitative estimate of drug-likeness (QED) is 0.0540. The number of aromatic hydroxyl groups is 2. The van der Waals surface area contributed by atoms with Crippen molar-refractivity contribution in [1.29, 1.82) is 0 Å². The van der Waals surface area contributed by atoms with Gasteiger partial charge in [-0.25, -0.2) is 22.7 Å². The molecule has 324 valence electrons. The van der Waals surface area contributed by atoms with E-state index in [1.165, 1.54) is 71.5 Å². The second kappa shape index (κ2) is 28.8. The minimum Gasteiger partial charge on any atom is -0.507 e. The molecule has 4 aromatic carbocycles. The van der Waals surface area contributed by atoms with Crippen molar-refractivity contribution in [3.05, 3.63) is 169 Å². The first-order valence-corrected chi connectivity index (χ1v) is 22.5. The molecule has 0 fully saturated rings. The predicted octanol–water partition coefficient (Wildman–Crippen LogP) is 14.1. The molecule has 62 heavy (non-hydrogen) atoms. The maximum absolute atomic E-state index is 9.67. The molecule has 2 N–H and O–H groups in total. The Kier molecular flexibility index (Phi) is 23.3. The Hall–Kier alpha value is -4.66. The Morgan fingerprint density at radius 2 is 0.790 bits per heavy atom. The fourth-order valence-electron chi connectivity index (χ4n) is 6.40. The number of rotatable bonds is 17. The van der Waals surface area contributed by atoms with Crippen LogP contribution in [-0.2, 0) is 40.2 Å². The van der Waals surface area contributed by atoms with Crippen molar-refractivity contribution in [2.75, 3.05) is 13.1 Å². The van der Waals surface area contributed by atoms with Gasteiger partial charge in [0.25, 0.3) is 0 Å². The first-order chi connectivity index (χ1) is 29.6. The zero-order valence-corrected chi connectivity index (χ0v) is 41.1. The number of nitrogens with zero attached hydrogens (tertiary/aromatic N) is 4. The van der Waals surface area contributed by atoms with Gasteiger partial charge in [0.2, 0.25) is 0 Å². The van der Waals surface area contributed by atoms with Crippen LogP contribution in [0.15, 0.2) is 156 Å². The van der Waals surface area contributed by atoms with Gasteiger partial charge in [0.15, 0.2) is 0 Å². The molecule has 0 atom stereocenters. The zero-order valence-electron chi connectivity index (χ0n) is 34.7. The van der Waals surface area contributed by atoms with E-state index in [1.54, 1.807) is 47.2 Å². The first kappa shape index (κ1) is 50.0. The molecule has 8 rings (SSSR count). The predicted molar refractivity (Wildman–Crippen MR) is 255 cm³/mol. The summed E-state index contributed by atoms with van der Waals surface area (Å²) in [6.45, 7) is 1.67. The molecule has 4 aromatic heterocycles. The van der Waals surface area contributed by atoms with Crippen LogP contribution in [0.5, 0.6) is 11.5 Å². The standard InChI is InChI=1S/C26H36N2O2.2C13H8NS.2Ir/c29-25-17-11-9-15-23(25)21-27-19-13-7-5-3-1-2-4-6-8-14-20-28-22-24-16-10-12-18-26(24)30;2*1-2-7-12-10(5-1)9-13(15-12)11-6-3-4-8-14-11;;/h9-12,15-18,21-22,29-30H,1-8,13-14,19-20H2;2*1-8H;;/q;2*-1;;. The molecular formula is C52H52Ir2N4O2S2-2. The van der Waals surface area contributed by atoms with Crippen LogP contribution in [0.3, 0.4) is 0 Å². The fraction of sp³-hybridized carbons (Fsp3) is 0.231. The minimum atomic E-state index is 0. The Morgan fingerprint density at radius 3 is 1.16 bits per heavy atom. The van der Waals surface area contributed by atoms with Crippen molar-refractivity contribution in [3.63, 3.8) is 0 Å². The van der Waals surface area contributed by atoms with Crippen molar-refractivity contribution in [3.8, 4) is 32.6 Å². The summed E-state index contributed by atoms with van der Waals surface area (Å²) in [7, 11) is 0. The number of fused-ring (bicyclic) bond motifs is 2. The van der Waals surface area contributed by atoms with Crippen LogP contribution in [-0.4, -0.2) is 45.7 Å². The minimum absolute atomic E-state index is 0. The van der Waals surface area contributed by atoms with Crippen LogP contribution in [0.25, 0.3) is 41.3 Å². The third-order valence-corrected chi connectivity index (χ3v) is 11.8. The van der Waals surface area contributed by atoms with Crippen molar-refractivity contribution >= 4 is 55.3 Å². The average Bonchev–Trinajstić information content (AvgIpc) is 3.94. The van der Waals surface area contributed by atoms with Gasteiger partial charge in [0.05, 0.1) is 0 Å². The summed E-state index contributed by atoms with van der Waals surface area (Å²) in [5.74, 6) is 0.586. The molecule has 0 aliphatic heterocycles. The normalized spacial score (nSPS) is 10.8.